The van der Waals surface area contributed by atoms with Gasteiger partial charge in [0.15, 0.2) is 6.23 Å². The van der Waals surface area contributed by atoms with E-state index in [1.165, 1.54) is 22.9 Å². The third kappa shape index (κ3) is 8.08. The Morgan fingerprint density at radius 1 is 0.939 bits per heavy atom. The van der Waals surface area contributed by atoms with Crippen molar-refractivity contribution >= 4 is 23.7 Å². The highest BCUT2D eigenvalue weighted by Crippen LogP contribution is 2.44. The van der Waals surface area contributed by atoms with Crippen molar-refractivity contribution < 1.29 is 29.0 Å². The van der Waals surface area contributed by atoms with Gasteiger partial charge in [-0.05, 0) is 29.7 Å². The van der Waals surface area contributed by atoms with Crippen molar-refractivity contribution in [3.63, 3.8) is 0 Å². The lowest BCUT2D eigenvalue weighted by Gasteiger charge is -2.50. The predicted octanol–water partition coefficient (Wildman–Crippen LogP) is 4.91. The summed E-state index contributed by atoms with van der Waals surface area (Å²) in [5.41, 5.74) is 1.77. The molecule has 11 heteroatoms. The zero-order chi connectivity index (χ0) is 34.8. The molecule has 11 nitrogen and oxygen atoms in total. The number of aliphatic carboxylic acids is 1. The van der Waals surface area contributed by atoms with Crippen LogP contribution in [0.1, 0.15) is 42.7 Å². The second-order valence-electron chi connectivity index (χ2n) is 11.5. The minimum Gasteiger partial charge on any atom is -0.481 e. The Morgan fingerprint density at radius 2 is 1.51 bits per heavy atom. The Hall–Kier alpha value is -5.65. The molecule has 1 amide bonds. The summed E-state index contributed by atoms with van der Waals surface area (Å²) in [6.07, 6.45) is 2.30. The molecule has 5 rings (SSSR count). The smallest absolute Gasteiger partial charge is 0.351 e. The van der Waals surface area contributed by atoms with Crippen LogP contribution < -0.4 is 11.0 Å². The van der Waals surface area contributed by atoms with Gasteiger partial charge < -0.3 is 19.9 Å². The Balaban J connectivity index is 1.58. The van der Waals surface area contributed by atoms with Gasteiger partial charge in [-0.1, -0.05) is 110 Å². The number of allylic oxidation sites excluding steroid dienone is 2. The van der Waals surface area contributed by atoms with Crippen LogP contribution >= 0.6 is 0 Å². The number of hydrogen-bond acceptors (Lipinski definition) is 8. The largest absolute Gasteiger partial charge is 0.481 e. The van der Waals surface area contributed by atoms with E-state index in [-0.39, 0.29) is 38.4 Å². The van der Waals surface area contributed by atoms with Crippen LogP contribution in [0.3, 0.4) is 0 Å². The van der Waals surface area contributed by atoms with Crippen LogP contribution in [0.2, 0.25) is 0 Å². The minimum atomic E-state index is -1.10. The summed E-state index contributed by atoms with van der Waals surface area (Å²) in [7, 11) is 0. The Morgan fingerprint density at radius 3 is 2.02 bits per heavy atom. The number of aromatic nitrogens is 2. The molecular formula is C38H38N4O7. The van der Waals surface area contributed by atoms with Crippen LogP contribution in [0.15, 0.2) is 132 Å². The summed E-state index contributed by atoms with van der Waals surface area (Å²) in [4.78, 5) is 55.9. The molecule has 1 aliphatic heterocycles. The van der Waals surface area contributed by atoms with E-state index in [9.17, 15) is 19.2 Å². The van der Waals surface area contributed by atoms with Crippen LogP contribution in [-0.2, 0) is 29.4 Å². The number of esters is 1. The van der Waals surface area contributed by atoms with Crippen molar-refractivity contribution in [1.82, 2.24) is 14.5 Å². The van der Waals surface area contributed by atoms with Crippen molar-refractivity contribution in [2.24, 2.45) is 0 Å². The first-order valence-electron chi connectivity index (χ1n) is 15.9. The van der Waals surface area contributed by atoms with Crippen molar-refractivity contribution in [3.8, 4) is 0 Å². The topological polar surface area (TPSA) is 140 Å². The number of carboxylic acids is 1. The number of amides is 1. The fraction of sp³-hybridized carbons (Fsp3) is 0.237. The van der Waals surface area contributed by atoms with Gasteiger partial charge in [0, 0.05) is 24.9 Å². The molecule has 252 valence electrons. The summed E-state index contributed by atoms with van der Waals surface area (Å²) < 4.78 is 13.3. The lowest BCUT2D eigenvalue weighted by Crippen LogP contribution is -2.58. The molecule has 2 atom stereocenters. The Labute approximate surface area is 284 Å². The first-order valence-corrected chi connectivity index (χ1v) is 15.9. The summed E-state index contributed by atoms with van der Waals surface area (Å²) in [6.45, 7) is 5.55. The van der Waals surface area contributed by atoms with E-state index >= 15 is 0 Å². The predicted molar refractivity (Wildman–Crippen MR) is 184 cm³/mol. The zero-order valence-electron chi connectivity index (χ0n) is 27.1. The maximum atomic E-state index is 13.5. The third-order valence-corrected chi connectivity index (χ3v) is 8.28. The van der Waals surface area contributed by atoms with Crippen molar-refractivity contribution in [1.29, 1.82) is 0 Å². The standard InChI is InChI=1S/C38H38N4O7/c1-3-13-27(2)36(46)39-32-22-23-42(37(47)40-32)33-25-41(24-31(49-33)26-48-35(45)21-20-34(43)44)38(28-14-7-4-8-15-28,29-16-9-5-10-17-29)30-18-11-6-12-19-30/h3-19,22-23,31,33H,1,20-21,24-26H2,2H3,(H,43,44)(H,39,40,46,47)/b27-13+. The average Bonchev–Trinajstić information content (AvgIpc) is 3.11. The van der Waals surface area contributed by atoms with Crippen molar-refractivity contribution in [2.45, 2.75) is 37.6 Å². The number of carbonyl (C=O) groups excluding carboxylic acids is 2. The SMILES string of the molecule is C=C/C=C(\C)C(=O)Nc1ccn(C2CN(C(c3ccccc3)(c3ccccc3)c3ccccc3)CC(COC(=O)CCC(=O)O)O2)c(=O)n1. The summed E-state index contributed by atoms with van der Waals surface area (Å²) in [5.74, 6) is -2.12. The lowest BCUT2D eigenvalue weighted by atomic mass is 9.75. The number of rotatable bonds is 13. The Kier molecular flexibility index (Phi) is 11.3. The van der Waals surface area contributed by atoms with E-state index in [0.29, 0.717) is 5.57 Å². The summed E-state index contributed by atoms with van der Waals surface area (Å²) >= 11 is 0. The fourth-order valence-electron chi connectivity index (χ4n) is 6.06. The van der Waals surface area contributed by atoms with Crippen molar-refractivity contribution in [2.75, 3.05) is 25.0 Å². The molecule has 3 aromatic carbocycles. The number of carboxylic acid groups (broad SMARTS) is 1. The molecule has 0 aliphatic carbocycles. The third-order valence-electron chi connectivity index (χ3n) is 8.28. The van der Waals surface area contributed by atoms with Crippen LogP contribution in [0.4, 0.5) is 5.82 Å². The maximum Gasteiger partial charge on any atom is 0.351 e. The van der Waals surface area contributed by atoms with Crippen molar-refractivity contribution in [3.05, 3.63) is 155 Å². The molecule has 49 heavy (non-hydrogen) atoms. The monoisotopic (exact) mass is 662 g/mol. The molecule has 1 fully saturated rings. The number of nitrogens with one attached hydrogen (secondary N) is 1. The van der Waals surface area contributed by atoms with Gasteiger partial charge in [-0.2, -0.15) is 4.98 Å². The first-order chi connectivity index (χ1) is 23.7. The van der Waals surface area contributed by atoms with E-state index in [1.807, 2.05) is 54.6 Å². The van der Waals surface area contributed by atoms with Gasteiger partial charge in [-0.25, -0.2) is 4.79 Å². The van der Waals surface area contributed by atoms with Gasteiger partial charge in [-0.15, -0.1) is 0 Å². The van der Waals surface area contributed by atoms with Crippen LogP contribution in [-0.4, -0.2) is 63.2 Å². The Bertz CT molecular complexity index is 1760. The first kappa shape index (κ1) is 34.7. The van der Waals surface area contributed by atoms with Crippen LogP contribution in [0, 0.1) is 0 Å². The van der Waals surface area contributed by atoms with Crippen LogP contribution in [0.25, 0.3) is 0 Å². The highest BCUT2D eigenvalue weighted by molar-refractivity contribution is 6.02. The van der Waals surface area contributed by atoms with E-state index in [1.54, 1.807) is 13.0 Å². The number of morpholine rings is 1. The molecular weight excluding hydrogens is 624 g/mol. The highest BCUT2D eigenvalue weighted by Gasteiger charge is 2.46. The average molecular weight is 663 g/mol. The molecule has 2 heterocycles. The maximum absolute atomic E-state index is 13.5. The molecule has 0 spiro atoms. The molecule has 0 bridgehead atoms. The van der Waals surface area contributed by atoms with Gasteiger partial charge in [0.25, 0.3) is 5.91 Å². The van der Waals surface area contributed by atoms with E-state index in [2.05, 4.69) is 58.2 Å². The number of carbonyl (C=O) groups is 3. The minimum absolute atomic E-state index is 0.0758. The van der Waals surface area contributed by atoms with E-state index in [0.717, 1.165) is 16.7 Å². The number of nitrogens with zero attached hydrogens (tertiary/aromatic N) is 3. The van der Waals surface area contributed by atoms with Gasteiger partial charge in [0.05, 0.1) is 18.4 Å². The summed E-state index contributed by atoms with van der Waals surface area (Å²) in [6, 6.07) is 31.5. The van der Waals surface area contributed by atoms with Gasteiger partial charge >= 0.3 is 17.6 Å². The van der Waals surface area contributed by atoms with E-state index in [4.69, 9.17) is 14.6 Å². The lowest BCUT2D eigenvalue weighted by molar-refractivity contribution is -0.171. The molecule has 0 saturated carbocycles. The number of benzene rings is 3. The molecule has 4 aromatic rings. The molecule has 1 aliphatic rings. The second-order valence-corrected chi connectivity index (χ2v) is 11.5. The number of ether oxygens (including phenoxy) is 2. The van der Waals surface area contributed by atoms with Gasteiger partial charge in [0.2, 0.25) is 0 Å². The molecule has 1 aromatic heterocycles. The highest BCUT2D eigenvalue weighted by atomic mass is 16.6. The number of hydrogen-bond donors (Lipinski definition) is 2. The summed E-state index contributed by atoms with van der Waals surface area (Å²) in [5, 5.41) is 11.7. The normalized spacial score (nSPS) is 16.8. The van der Waals surface area contributed by atoms with E-state index < -0.39 is 41.4 Å². The quantitative estimate of drug-likeness (QED) is 0.0884. The zero-order valence-corrected chi connectivity index (χ0v) is 27.1. The van der Waals surface area contributed by atoms with Crippen LogP contribution in [0.5, 0.6) is 0 Å². The second kappa shape index (κ2) is 16.0. The van der Waals surface area contributed by atoms with Gasteiger partial charge in [-0.3, -0.25) is 23.9 Å². The fourth-order valence-corrected chi connectivity index (χ4v) is 6.06. The molecule has 0 radical (unpaired) electrons. The number of anilines is 1. The molecule has 2 unspecified atom stereocenters. The molecule has 2 N–H and O–H groups in total. The molecule has 1 saturated heterocycles. The van der Waals surface area contributed by atoms with Gasteiger partial charge in [0.1, 0.15) is 18.5 Å².